The van der Waals surface area contributed by atoms with Crippen LogP contribution in [0, 0.1) is 0 Å². The average Bonchev–Trinajstić information content (AvgIpc) is 2.85. The van der Waals surface area contributed by atoms with Gasteiger partial charge in [0, 0.05) is 22.4 Å². The molecule has 2 N–H and O–H groups in total. The molecule has 1 aromatic heterocycles. The first kappa shape index (κ1) is 18.8. The van der Waals surface area contributed by atoms with Crippen molar-refractivity contribution in [2.24, 2.45) is 0 Å². The van der Waals surface area contributed by atoms with E-state index in [2.05, 4.69) is 60.7 Å². The van der Waals surface area contributed by atoms with E-state index < -0.39 is 0 Å². The second kappa shape index (κ2) is 8.25. The summed E-state index contributed by atoms with van der Waals surface area (Å²) in [5.74, 6) is 0.684. The van der Waals surface area contributed by atoms with E-state index in [1.165, 1.54) is 11.1 Å². The van der Waals surface area contributed by atoms with Gasteiger partial charge in [-0.1, -0.05) is 84.9 Å². The first-order valence-corrected chi connectivity index (χ1v) is 10.2. The summed E-state index contributed by atoms with van der Waals surface area (Å²) in [5, 5.41) is 0. The molecule has 0 atom stereocenters. The second-order valence-corrected chi connectivity index (χ2v) is 7.39. The molecule has 31 heavy (non-hydrogen) atoms. The molecule has 0 radical (unpaired) electrons. The van der Waals surface area contributed by atoms with Gasteiger partial charge in [-0.15, -0.1) is 0 Å². The van der Waals surface area contributed by atoms with Gasteiger partial charge in [0.2, 0.25) is 0 Å². The van der Waals surface area contributed by atoms with Gasteiger partial charge in [0.25, 0.3) is 0 Å². The molecule has 0 aliphatic carbocycles. The minimum absolute atomic E-state index is 0.684. The van der Waals surface area contributed by atoms with Crippen molar-refractivity contribution < 1.29 is 0 Å². The van der Waals surface area contributed by atoms with Crippen LogP contribution in [0.25, 0.3) is 45.0 Å². The molecule has 0 fully saturated rings. The van der Waals surface area contributed by atoms with Crippen molar-refractivity contribution in [1.82, 2.24) is 9.97 Å². The number of hydrogen-bond donors (Lipinski definition) is 1. The van der Waals surface area contributed by atoms with Crippen molar-refractivity contribution in [3.8, 4) is 45.0 Å². The summed E-state index contributed by atoms with van der Waals surface area (Å²) in [6.07, 6.45) is 0. The summed E-state index contributed by atoms with van der Waals surface area (Å²) in [5.41, 5.74) is 13.8. The van der Waals surface area contributed by atoms with E-state index in [4.69, 9.17) is 15.7 Å². The van der Waals surface area contributed by atoms with E-state index in [-0.39, 0.29) is 0 Å². The minimum atomic E-state index is 0.684. The van der Waals surface area contributed by atoms with Crippen LogP contribution in [0.3, 0.4) is 0 Å². The Balaban J connectivity index is 1.60. The lowest BCUT2D eigenvalue weighted by molar-refractivity contribution is 1.18. The van der Waals surface area contributed by atoms with Crippen LogP contribution in [-0.4, -0.2) is 9.97 Å². The van der Waals surface area contributed by atoms with Crippen LogP contribution in [0.4, 0.5) is 5.69 Å². The Morgan fingerprint density at radius 1 is 0.419 bits per heavy atom. The number of hydrogen-bond acceptors (Lipinski definition) is 3. The van der Waals surface area contributed by atoms with Gasteiger partial charge in [-0.3, -0.25) is 0 Å². The number of anilines is 1. The highest BCUT2D eigenvalue weighted by atomic mass is 14.9. The van der Waals surface area contributed by atoms with Crippen molar-refractivity contribution in [3.63, 3.8) is 0 Å². The molecule has 0 saturated heterocycles. The van der Waals surface area contributed by atoms with Gasteiger partial charge in [0.1, 0.15) is 0 Å². The monoisotopic (exact) mass is 399 g/mol. The molecular weight excluding hydrogens is 378 g/mol. The molecule has 5 aromatic rings. The minimum Gasteiger partial charge on any atom is -0.399 e. The lowest BCUT2D eigenvalue weighted by Gasteiger charge is -2.10. The molecule has 0 aliphatic rings. The Bertz CT molecular complexity index is 1290. The van der Waals surface area contributed by atoms with E-state index in [0.717, 1.165) is 33.8 Å². The van der Waals surface area contributed by atoms with Gasteiger partial charge in [-0.05, 0) is 41.5 Å². The van der Waals surface area contributed by atoms with E-state index in [1.807, 2.05) is 54.6 Å². The highest BCUT2D eigenvalue weighted by Crippen LogP contribution is 2.29. The van der Waals surface area contributed by atoms with Gasteiger partial charge in [-0.2, -0.15) is 0 Å². The fourth-order valence-electron chi connectivity index (χ4n) is 3.58. The zero-order valence-corrected chi connectivity index (χ0v) is 16.9. The molecule has 0 amide bonds. The number of nitrogens with two attached hydrogens (primary N) is 1. The van der Waals surface area contributed by atoms with Crippen LogP contribution in [-0.2, 0) is 0 Å². The van der Waals surface area contributed by atoms with Gasteiger partial charge >= 0.3 is 0 Å². The summed E-state index contributed by atoms with van der Waals surface area (Å²) in [7, 11) is 0. The molecule has 0 saturated carbocycles. The lowest BCUT2D eigenvalue weighted by atomic mass is 10.0. The van der Waals surface area contributed by atoms with Gasteiger partial charge < -0.3 is 5.73 Å². The standard InChI is InChI=1S/C28H21N3/c29-25-17-15-24(16-18-25)28-30-26(22-9-5-2-6-10-22)19-27(31-28)23-13-11-21(12-14-23)20-7-3-1-4-8-20/h1-19H,29H2. The van der Waals surface area contributed by atoms with Crippen LogP contribution >= 0.6 is 0 Å². The van der Waals surface area contributed by atoms with E-state index in [1.54, 1.807) is 0 Å². The normalized spacial score (nSPS) is 10.7. The Kier molecular flexibility index (Phi) is 4.99. The van der Waals surface area contributed by atoms with Crippen LogP contribution in [0.15, 0.2) is 115 Å². The summed E-state index contributed by atoms with van der Waals surface area (Å²) in [4.78, 5) is 9.72. The van der Waals surface area contributed by atoms with Gasteiger partial charge in [0.05, 0.1) is 11.4 Å². The van der Waals surface area contributed by atoms with Crippen LogP contribution in [0.1, 0.15) is 0 Å². The maximum atomic E-state index is 5.87. The molecule has 5 rings (SSSR count). The molecule has 3 nitrogen and oxygen atoms in total. The molecule has 4 aromatic carbocycles. The fourth-order valence-corrected chi connectivity index (χ4v) is 3.58. The number of benzene rings is 4. The van der Waals surface area contributed by atoms with Crippen LogP contribution in [0.5, 0.6) is 0 Å². The van der Waals surface area contributed by atoms with Crippen LogP contribution < -0.4 is 5.73 Å². The fraction of sp³-hybridized carbons (Fsp3) is 0. The van der Waals surface area contributed by atoms with Crippen LogP contribution in [0.2, 0.25) is 0 Å². The molecule has 148 valence electrons. The van der Waals surface area contributed by atoms with Crippen molar-refractivity contribution in [1.29, 1.82) is 0 Å². The summed E-state index contributed by atoms with van der Waals surface area (Å²) >= 11 is 0. The number of rotatable bonds is 4. The number of nitrogens with zero attached hydrogens (tertiary/aromatic N) is 2. The van der Waals surface area contributed by atoms with Crippen molar-refractivity contribution in [2.75, 3.05) is 5.73 Å². The topological polar surface area (TPSA) is 51.8 Å². The Labute approximate surface area is 181 Å². The first-order valence-electron chi connectivity index (χ1n) is 10.2. The Hall–Kier alpha value is -4.24. The first-order chi connectivity index (χ1) is 15.3. The predicted octanol–water partition coefficient (Wildman–Crippen LogP) is 6.73. The van der Waals surface area contributed by atoms with E-state index in [0.29, 0.717) is 5.82 Å². The third-order valence-electron chi connectivity index (χ3n) is 5.25. The number of nitrogen functional groups attached to an aromatic ring is 1. The molecule has 0 spiro atoms. The summed E-state index contributed by atoms with van der Waals surface area (Å²) in [6.45, 7) is 0. The smallest absolute Gasteiger partial charge is 0.160 e. The largest absolute Gasteiger partial charge is 0.399 e. The molecule has 0 aliphatic heterocycles. The average molecular weight is 399 g/mol. The maximum absolute atomic E-state index is 5.87. The third kappa shape index (κ3) is 4.07. The zero-order chi connectivity index (χ0) is 21.0. The van der Waals surface area contributed by atoms with Crippen molar-refractivity contribution in [2.45, 2.75) is 0 Å². The van der Waals surface area contributed by atoms with E-state index in [9.17, 15) is 0 Å². The molecule has 3 heteroatoms. The Morgan fingerprint density at radius 3 is 1.42 bits per heavy atom. The SMILES string of the molecule is Nc1ccc(-c2nc(-c3ccccc3)cc(-c3ccc(-c4ccccc4)cc3)n2)cc1. The second-order valence-electron chi connectivity index (χ2n) is 7.39. The Morgan fingerprint density at radius 2 is 0.839 bits per heavy atom. The lowest BCUT2D eigenvalue weighted by Crippen LogP contribution is -1.96. The molecular formula is C28H21N3. The molecule has 1 heterocycles. The quantitative estimate of drug-likeness (QED) is 0.341. The maximum Gasteiger partial charge on any atom is 0.160 e. The summed E-state index contributed by atoms with van der Waals surface area (Å²) in [6, 6.07) is 38.8. The summed E-state index contributed by atoms with van der Waals surface area (Å²) < 4.78 is 0. The highest BCUT2D eigenvalue weighted by molar-refractivity contribution is 5.74. The van der Waals surface area contributed by atoms with Crippen molar-refractivity contribution >= 4 is 5.69 Å². The third-order valence-corrected chi connectivity index (χ3v) is 5.25. The van der Waals surface area contributed by atoms with E-state index >= 15 is 0 Å². The molecule has 0 bridgehead atoms. The van der Waals surface area contributed by atoms with Gasteiger partial charge in [-0.25, -0.2) is 9.97 Å². The predicted molar refractivity (Wildman–Crippen MR) is 128 cm³/mol. The molecule has 0 unspecified atom stereocenters. The van der Waals surface area contributed by atoms with Gasteiger partial charge in [0.15, 0.2) is 5.82 Å². The van der Waals surface area contributed by atoms with Crippen molar-refractivity contribution in [3.05, 3.63) is 115 Å². The highest BCUT2D eigenvalue weighted by Gasteiger charge is 2.11. The number of aromatic nitrogens is 2. The zero-order valence-electron chi connectivity index (χ0n) is 16.9.